The summed E-state index contributed by atoms with van der Waals surface area (Å²) < 4.78 is 28.5. The zero-order valence-electron chi connectivity index (χ0n) is 14.7. The summed E-state index contributed by atoms with van der Waals surface area (Å²) in [6.07, 6.45) is 1.17. The Morgan fingerprint density at radius 1 is 1.08 bits per heavy atom. The van der Waals surface area contributed by atoms with E-state index in [0.717, 1.165) is 11.1 Å². The Balaban J connectivity index is 1.92. The smallest absolute Gasteiger partial charge is 0.248 e. The van der Waals surface area contributed by atoms with Crippen molar-refractivity contribution < 1.29 is 17.9 Å². The minimum Gasteiger partial charge on any atom is -0.367 e. The summed E-state index contributed by atoms with van der Waals surface area (Å²) in [4.78, 5) is 14.1. The van der Waals surface area contributed by atoms with Gasteiger partial charge in [0.2, 0.25) is 5.91 Å². The van der Waals surface area contributed by atoms with E-state index in [1.54, 1.807) is 36.2 Å². The highest BCUT2D eigenvalue weighted by atomic mass is 32.2. The van der Waals surface area contributed by atoms with Crippen LogP contribution < -0.4 is 0 Å². The standard InChI is InChI=1S/C19H23NO4S/c1-15(17-9-11-18(12-10-17)25(3,22)23)20(2)19(21)14-24-13-16-7-5-4-6-8-16/h4-12,15H,13-14H2,1-3H3. The highest BCUT2D eigenvalue weighted by molar-refractivity contribution is 7.90. The van der Waals surface area contributed by atoms with Crippen LogP contribution >= 0.6 is 0 Å². The van der Waals surface area contributed by atoms with Crippen molar-refractivity contribution in [2.45, 2.75) is 24.5 Å². The number of ether oxygens (including phenoxy) is 1. The first-order chi connectivity index (χ1) is 11.8. The maximum absolute atomic E-state index is 12.3. The number of sulfone groups is 1. The van der Waals surface area contributed by atoms with Crippen molar-refractivity contribution in [3.8, 4) is 0 Å². The highest BCUT2D eigenvalue weighted by Gasteiger charge is 2.18. The molecule has 0 spiro atoms. The minimum atomic E-state index is -3.22. The fraction of sp³-hybridized carbons (Fsp3) is 0.316. The Kier molecular flexibility index (Phi) is 6.33. The number of benzene rings is 2. The van der Waals surface area contributed by atoms with Gasteiger partial charge in [0, 0.05) is 13.3 Å². The Morgan fingerprint density at radius 2 is 1.68 bits per heavy atom. The van der Waals surface area contributed by atoms with Crippen LogP contribution in [0.3, 0.4) is 0 Å². The van der Waals surface area contributed by atoms with Crippen molar-refractivity contribution in [2.75, 3.05) is 19.9 Å². The topological polar surface area (TPSA) is 63.7 Å². The predicted octanol–water partition coefficient (Wildman–Crippen LogP) is 2.83. The van der Waals surface area contributed by atoms with Gasteiger partial charge in [0.1, 0.15) is 6.61 Å². The lowest BCUT2D eigenvalue weighted by Crippen LogP contribution is -2.32. The first kappa shape index (κ1) is 19.1. The molecule has 5 nitrogen and oxygen atoms in total. The van der Waals surface area contributed by atoms with Gasteiger partial charge < -0.3 is 9.64 Å². The van der Waals surface area contributed by atoms with Gasteiger partial charge in [-0.15, -0.1) is 0 Å². The molecule has 2 aromatic rings. The molecule has 0 radical (unpaired) electrons. The summed E-state index contributed by atoms with van der Waals surface area (Å²) in [6.45, 7) is 2.28. The molecule has 1 unspecified atom stereocenters. The number of amides is 1. The molecule has 6 heteroatoms. The van der Waals surface area contributed by atoms with E-state index < -0.39 is 9.84 Å². The minimum absolute atomic E-state index is 0.00282. The fourth-order valence-corrected chi connectivity index (χ4v) is 3.00. The van der Waals surface area contributed by atoms with E-state index in [4.69, 9.17) is 4.74 Å². The first-order valence-electron chi connectivity index (χ1n) is 7.96. The van der Waals surface area contributed by atoms with Crippen LogP contribution in [0.5, 0.6) is 0 Å². The van der Waals surface area contributed by atoms with Gasteiger partial charge in [-0.3, -0.25) is 4.79 Å². The second-order valence-corrected chi connectivity index (χ2v) is 8.02. The van der Waals surface area contributed by atoms with Gasteiger partial charge in [0.05, 0.1) is 17.5 Å². The van der Waals surface area contributed by atoms with Crippen LogP contribution in [0.1, 0.15) is 24.1 Å². The zero-order valence-corrected chi connectivity index (χ0v) is 15.5. The second-order valence-electron chi connectivity index (χ2n) is 6.00. The average molecular weight is 361 g/mol. The molecule has 0 aliphatic rings. The molecule has 0 saturated heterocycles. The molecular weight excluding hydrogens is 338 g/mol. The van der Waals surface area contributed by atoms with Crippen LogP contribution in [-0.4, -0.2) is 39.1 Å². The predicted molar refractivity (Wildman–Crippen MR) is 96.8 cm³/mol. The summed E-state index contributed by atoms with van der Waals surface area (Å²) in [5.41, 5.74) is 1.88. The van der Waals surface area contributed by atoms with Gasteiger partial charge in [-0.2, -0.15) is 0 Å². The summed E-state index contributed by atoms with van der Waals surface area (Å²) in [5, 5.41) is 0. The molecule has 2 aromatic carbocycles. The van der Waals surface area contributed by atoms with Gasteiger partial charge in [-0.05, 0) is 30.2 Å². The molecule has 0 N–H and O–H groups in total. The Labute approximate surface area is 149 Å². The fourth-order valence-electron chi connectivity index (χ4n) is 2.37. The summed E-state index contributed by atoms with van der Waals surface area (Å²) in [7, 11) is -1.51. The number of hydrogen-bond donors (Lipinski definition) is 0. The lowest BCUT2D eigenvalue weighted by Gasteiger charge is -2.25. The highest BCUT2D eigenvalue weighted by Crippen LogP contribution is 2.21. The number of rotatable bonds is 7. The van der Waals surface area contributed by atoms with Crippen LogP contribution in [0.2, 0.25) is 0 Å². The lowest BCUT2D eigenvalue weighted by atomic mass is 10.1. The quantitative estimate of drug-likeness (QED) is 0.761. The van der Waals surface area contributed by atoms with Crippen molar-refractivity contribution >= 4 is 15.7 Å². The maximum Gasteiger partial charge on any atom is 0.248 e. The van der Waals surface area contributed by atoms with Gasteiger partial charge >= 0.3 is 0 Å². The van der Waals surface area contributed by atoms with Gasteiger partial charge in [-0.25, -0.2) is 8.42 Å². The molecule has 0 bridgehead atoms. The summed E-state index contributed by atoms with van der Waals surface area (Å²) in [6, 6.07) is 16.1. The van der Waals surface area contributed by atoms with Crippen LogP contribution in [0.25, 0.3) is 0 Å². The number of carbonyl (C=O) groups excluding carboxylic acids is 1. The number of nitrogens with zero attached hydrogens (tertiary/aromatic N) is 1. The summed E-state index contributed by atoms with van der Waals surface area (Å²) in [5.74, 6) is -0.129. The third-order valence-corrected chi connectivity index (χ3v) is 5.23. The van der Waals surface area contributed by atoms with Gasteiger partial charge in [0.25, 0.3) is 0 Å². The van der Waals surface area contributed by atoms with E-state index in [0.29, 0.717) is 6.61 Å². The van der Waals surface area contributed by atoms with Crippen LogP contribution in [0.15, 0.2) is 59.5 Å². The maximum atomic E-state index is 12.3. The lowest BCUT2D eigenvalue weighted by molar-refractivity contribution is -0.137. The molecule has 1 amide bonds. The monoisotopic (exact) mass is 361 g/mol. The van der Waals surface area contributed by atoms with E-state index in [-0.39, 0.29) is 23.5 Å². The molecule has 0 aromatic heterocycles. The van der Waals surface area contributed by atoms with Crippen molar-refractivity contribution in [1.82, 2.24) is 4.90 Å². The zero-order chi connectivity index (χ0) is 18.4. The molecular formula is C19H23NO4S. The van der Waals surface area contributed by atoms with Crippen LogP contribution in [0, 0.1) is 0 Å². The third kappa shape index (κ3) is 5.41. The normalized spacial score (nSPS) is 12.6. The number of likely N-dealkylation sites (N-methyl/N-ethyl adjacent to an activating group) is 1. The van der Waals surface area contributed by atoms with E-state index in [2.05, 4.69) is 0 Å². The Bertz CT molecular complexity index is 801. The van der Waals surface area contributed by atoms with Crippen LogP contribution in [-0.2, 0) is 26.0 Å². The van der Waals surface area contributed by atoms with E-state index in [1.165, 1.54) is 6.26 Å². The molecule has 1 atom stereocenters. The molecule has 0 aliphatic heterocycles. The largest absolute Gasteiger partial charge is 0.367 e. The number of hydrogen-bond acceptors (Lipinski definition) is 4. The summed E-state index contributed by atoms with van der Waals surface area (Å²) >= 11 is 0. The molecule has 134 valence electrons. The molecule has 0 saturated carbocycles. The Hall–Kier alpha value is -2.18. The number of carbonyl (C=O) groups is 1. The molecule has 25 heavy (non-hydrogen) atoms. The SMILES string of the molecule is CC(c1ccc(S(C)(=O)=O)cc1)N(C)C(=O)COCc1ccccc1. The molecule has 0 heterocycles. The third-order valence-electron chi connectivity index (χ3n) is 4.10. The van der Waals surface area contributed by atoms with Crippen LogP contribution in [0.4, 0.5) is 0 Å². The Morgan fingerprint density at radius 3 is 2.24 bits per heavy atom. The van der Waals surface area contributed by atoms with Crippen molar-refractivity contribution in [3.05, 3.63) is 65.7 Å². The molecule has 2 rings (SSSR count). The first-order valence-corrected chi connectivity index (χ1v) is 9.85. The van der Waals surface area contributed by atoms with Crippen molar-refractivity contribution in [1.29, 1.82) is 0 Å². The molecule has 0 aliphatic carbocycles. The van der Waals surface area contributed by atoms with Crippen molar-refractivity contribution in [2.24, 2.45) is 0 Å². The van der Waals surface area contributed by atoms with Crippen molar-refractivity contribution in [3.63, 3.8) is 0 Å². The van der Waals surface area contributed by atoms with E-state index >= 15 is 0 Å². The van der Waals surface area contributed by atoms with Gasteiger partial charge in [0.15, 0.2) is 9.84 Å². The second kappa shape index (κ2) is 8.27. The van der Waals surface area contributed by atoms with E-state index in [9.17, 15) is 13.2 Å². The van der Waals surface area contributed by atoms with E-state index in [1.807, 2.05) is 37.3 Å². The molecule has 0 fully saturated rings. The van der Waals surface area contributed by atoms with Gasteiger partial charge in [-0.1, -0.05) is 42.5 Å². The average Bonchev–Trinajstić information content (AvgIpc) is 2.60.